The molecule has 29 heavy (non-hydrogen) atoms. The first-order valence-electron chi connectivity index (χ1n) is 8.35. The zero-order valence-corrected chi connectivity index (χ0v) is 16.2. The van der Waals surface area contributed by atoms with E-state index >= 15 is 0 Å². The summed E-state index contributed by atoms with van der Waals surface area (Å²) in [7, 11) is -2.10. The molecule has 1 heterocycles. The van der Waals surface area contributed by atoms with Gasteiger partial charge in [-0.15, -0.1) is 0 Å². The Labute approximate surface area is 165 Å². The van der Waals surface area contributed by atoms with Gasteiger partial charge < -0.3 is 14.8 Å². The van der Waals surface area contributed by atoms with Crippen LogP contribution < -0.4 is 10.1 Å². The van der Waals surface area contributed by atoms with Crippen LogP contribution >= 0.6 is 0 Å². The summed E-state index contributed by atoms with van der Waals surface area (Å²) in [5.41, 5.74) is 0.725. The maximum absolute atomic E-state index is 12.2. The predicted molar refractivity (Wildman–Crippen MR) is 97.3 cm³/mol. The number of carbonyl (C=O) groups is 1. The second kappa shape index (κ2) is 9.70. The summed E-state index contributed by atoms with van der Waals surface area (Å²) in [6.07, 6.45) is -3.21. The molecule has 0 aliphatic heterocycles. The number of rotatable bonds is 9. The first kappa shape index (κ1) is 22.6. The number of halogens is 3. The molecule has 1 aromatic carbocycles. The first-order chi connectivity index (χ1) is 13.6. The largest absolute Gasteiger partial charge is 0.468 e. The van der Waals surface area contributed by atoms with E-state index in [0.29, 0.717) is 5.56 Å². The number of sulfone groups is 1. The van der Waals surface area contributed by atoms with Crippen LogP contribution in [0.2, 0.25) is 0 Å². The number of nitrogens with one attached hydrogen (secondary N) is 1. The van der Waals surface area contributed by atoms with Gasteiger partial charge in [-0.25, -0.2) is 13.4 Å². The number of nitrogens with zero attached hydrogens (tertiary/aromatic N) is 1. The number of ether oxygens (including phenoxy) is 2. The minimum Gasteiger partial charge on any atom is -0.468 e. The van der Waals surface area contributed by atoms with E-state index in [-0.39, 0.29) is 35.2 Å². The number of pyridine rings is 1. The zero-order chi connectivity index (χ0) is 21.5. The van der Waals surface area contributed by atoms with E-state index in [2.05, 4.69) is 15.0 Å². The lowest BCUT2D eigenvalue weighted by molar-refractivity contribution is -0.154. The molecule has 0 bridgehead atoms. The number of carbonyl (C=O) groups excluding carboxylic acids is 1. The van der Waals surface area contributed by atoms with Crippen LogP contribution in [0.25, 0.3) is 0 Å². The lowest BCUT2D eigenvalue weighted by Crippen LogP contribution is -2.23. The Bertz CT molecular complexity index is 931. The normalized spacial score (nSPS) is 11.9. The molecule has 2 aromatic rings. The minimum absolute atomic E-state index is 0.0254. The van der Waals surface area contributed by atoms with Crippen LogP contribution in [0.15, 0.2) is 47.5 Å². The van der Waals surface area contributed by atoms with Crippen molar-refractivity contribution in [3.63, 3.8) is 0 Å². The molecule has 158 valence electrons. The molecule has 0 radical (unpaired) electrons. The van der Waals surface area contributed by atoms with Crippen LogP contribution in [0.1, 0.15) is 15.9 Å². The predicted octanol–water partition coefficient (Wildman–Crippen LogP) is 2.37. The van der Waals surface area contributed by atoms with Crippen molar-refractivity contribution >= 4 is 15.7 Å². The van der Waals surface area contributed by atoms with Crippen molar-refractivity contribution in [3.8, 4) is 5.88 Å². The van der Waals surface area contributed by atoms with Crippen molar-refractivity contribution in [1.29, 1.82) is 0 Å². The Morgan fingerprint density at radius 3 is 2.48 bits per heavy atom. The first-order valence-corrected chi connectivity index (χ1v) is 10.0. The van der Waals surface area contributed by atoms with Gasteiger partial charge in [-0.3, -0.25) is 4.79 Å². The summed E-state index contributed by atoms with van der Waals surface area (Å²) in [6, 6.07) is 8.22. The summed E-state index contributed by atoms with van der Waals surface area (Å²) in [6.45, 7) is -1.38. The Hall–Kier alpha value is -2.66. The summed E-state index contributed by atoms with van der Waals surface area (Å²) in [4.78, 5) is 16.0. The monoisotopic (exact) mass is 432 g/mol. The molecule has 0 fully saturated rings. The highest BCUT2D eigenvalue weighted by Gasteiger charge is 2.28. The maximum atomic E-state index is 12.2. The van der Waals surface area contributed by atoms with E-state index in [9.17, 15) is 26.4 Å². The number of aromatic nitrogens is 1. The maximum Gasteiger partial charge on any atom is 0.422 e. The molecule has 0 aliphatic rings. The molecular weight excluding hydrogens is 413 g/mol. The van der Waals surface area contributed by atoms with Crippen LogP contribution in [-0.2, 0) is 21.1 Å². The molecule has 7 nitrogen and oxygen atoms in total. The number of amides is 1. The number of methoxy groups -OCH3 is 1. The molecule has 0 saturated heterocycles. The fraction of sp³-hybridized carbons (Fsp3) is 0.333. The summed E-state index contributed by atoms with van der Waals surface area (Å²) >= 11 is 0. The van der Waals surface area contributed by atoms with Crippen molar-refractivity contribution in [2.24, 2.45) is 0 Å². The van der Waals surface area contributed by atoms with Crippen molar-refractivity contribution in [3.05, 3.63) is 53.7 Å². The van der Waals surface area contributed by atoms with Crippen LogP contribution in [0.4, 0.5) is 13.2 Å². The molecule has 0 spiro atoms. The molecule has 1 N–H and O–H groups in total. The molecular formula is C18H19F3N2O5S. The van der Waals surface area contributed by atoms with Gasteiger partial charge in [0.2, 0.25) is 5.88 Å². The van der Waals surface area contributed by atoms with E-state index in [1.807, 2.05) is 0 Å². The molecule has 1 aromatic heterocycles. The van der Waals surface area contributed by atoms with Gasteiger partial charge in [0.25, 0.3) is 5.91 Å². The number of alkyl halides is 3. The SMILES string of the molecule is COCCS(=O)(=O)c1ccc(C(=O)NCc2ccnc(OCC(F)(F)F)c2)cc1. The van der Waals surface area contributed by atoms with Crippen molar-refractivity contribution in [2.45, 2.75) is 17.6 Å². The minimum atomic E-state index is -4.48. The second-order valence-corrected chi connectivity index (χ2v) is 8.03. The van der Waals surface area contributed by atoms with Crippen LogP contribution in [0.3, 0.4) is 0 Å². The molecule has 11 heteroatoms. The molecule has 0 unspecified atom stereocenters. The molecule has 0 saturated carbocycles. The lowest BCUT2D eigenvalue weighted by atomic mass is 10.2. The van der Waals surface area contributed by atoms with E-state index in [4.69, 9.17) is 4.74 Å². The van der Waals surface area contributed by atoms with Gasteiger partial charge in [0.15, 0.2) is 16.4 Å². The number of benzene rings is 1. The van der Waals surface area contributed by atoms with Crippen molar-refractivity contribution in [2.75, 3.05) is 26.1 Å². The highest BCUT2D eigenvalue weighted by Crippen LogP contribution is 2.18. The van der Waals surface area contributed by atoms with Gasteiger partial charge in [-0.2, -0.15) is 13.2 Å². The highest BCUT2D eigenvalue weighted by molar-refractivity contribution is 7.91. The smallest absolute Gasteiger partial charge is 0.422 e. The zero-order valence-electron chi connectivity index (χ0n) is 15.4. The summed E-state index contributed by atoms with van der Waals surface area (Å²) in [5, 5.41) is 2.59. The van der Waals surface area contributed by atoms with Gasteiger partial charge in [0, 0.05) is 31.5 Å². The third kappa shape index (κ3) is 7.35. The van der Waals surface area contributed by atoms with Crippen molar-refractivity contribution < 1.29 is 35.9 Å². The quantitative estimate of drug-likeness (QED) is 0.654. The van der Waals surface area contributed by atoms with E-state index < -0.39 is 28.5 Å². The van der Waals surface area contributed by atoms with Gasteiger partial charge in [-0.05, 0) is 35.9 Å². The van der Waals surface area contributed by atoms with Gasteiger partial charge in [0.05, 0.1) is 17.3 Å². The van der Waals surface area contributed by atoms with Crippen LogP contribution in [-0.4, -0.2) is 51.6 Å². The fourth-order valence-corrected chi connectivity index (χ4v) is 3.38. The van der Waals surface area contributed by atoms with Gasteiger partial charge in [-0.1, -0.05) is 0 Å². The van der Waals surface area contributed by atoms with E-state index in [1.165, 1.54) is 49.7 Å². The molecule has 1 amide bonds. The molecule has 2 rings (SSSR count). The summed E-state index contributed by atoms with van der Waals surface area (Å²) < 4.78 is 70.0. The average Bonchev–Trinajstić information content (AvgIpc) is 2.69. The van der Waals surface area contributed by atoms with Gasteiger partial charge in [0.1, 0.15) is 0 Å². The number of hydrogen-bond acceptors (Lipinski definition) is 6. The lowest BCUT2D eigenvalue weighted by Gasteiger charge is -2.10. The second-order valence-electron chi connectivity index (χ2n) is 5.92. The Morgan fingerprint density at radius 2 is 1.86 bits per heavy atom. The Morgan fingerprint density at radius 1 is 1.17 bits per heavy atom. The molecule has 0 atom stereocenters. The Balaban J connectivity index is 1.96. The highest BCUT2D eigenvalue weighted by atomic mass is 32.2. The van der Waals surface area contributed by atoms with Crippen LogP contribution in [0, 0.1) is 0 Å². The van der Waals surface area contributed by atoms with Gasteiger partial charge >= 0.3 is 6.18 Å². The topological polar surface area (TPSA) is 94.6 Å². The fourth-order valence-electron chi connectivity index (χ4n) is 2.20. The van der Waals surface area contributed by atoms with Crippen LogP contribution in [0.5, 0.6) is 5.88 Å². The van der Waals surface area contributed by atoms with Crippen molar-refractivity contribution in [1.82, 2.24) is 10.3 Å². The Kier molecular flexibility index (Phi) is 7.57. The molecule has 0 aliphatic carbocycles. The van der Waals surface area contributed by atoms with E-state index in [0.717, 1.165) is 0 Å². The third-order valence-electron chi connectivity index (χ3n) is 3.67. The van der Waals surface area contributed by atoms with E-state index in [1.54, 1.807) is 0 Å². The number of hydrogen-bond donors (Lipinski definition) is 1. The average molecular weight is 432 g/mol. The third-order valence-corrected chi connectivity index (χ3v) is 5.36. The summed E-state index contributed by atoms with van der Waals surface area (Å²) in [5.74, 6) is -0.851. The standard InChI is InChI=1S/C18H19F3N2O5S/c1-27-8-9-29(25,26)15-4-2-14(3-5-15)17(24)23-11-13-6-7-22-16(10-13)28-12-18(19,20)21/h2-7,10H,8-9,11-12H2,1H3,(H,23,24).